The lowest BCUT2D eigenvalue weighted by Gasteiger charge is -2.29. The van der Waals surface area contributed by atoms with Crippen molar-refractivity contribution in [2.45, 2.75) is 31.7 Å². The van der Waals surface area contributed by atoms with E-state index in [1.807, 2.05) is 58.3 Å². The Morgan fingerprint density at radius 2 is 2.00 bits per heavy atom. The van der Waals surface area contributed by atoms with Crippen molar-refractivity contribution < 1.29 is 13.9 Å². The van der Waals surface area contributed by atoms with E-state index in [1.54, 1.807) is 6.20 Å². The summed E-state index contributed by atoms with van der Waals surface area (Å²) < 4.78 is 24.7. The van der Waals surface area contributed by atoms with Crippen LogP contribution in [0.5, 0.6) is 11.5 Å². The molecule has 230 valence electrons. The molecule has 0 bridgehead atoms. The Balaban J connectivity index is 1.23. The van der Waals surface area contributed by atoms with Gasteiger partial charge in [-0.1, -0.05) is 24.3 Å². The second-order valence-electron chi connectivity index (χ2n) is 12.5. The first-order chi connectivity index (χ1) is 22.0. The zero-order valence-electron chi connectivity index (χ0n) is 25.2. The molecule has 4 aliphatic heterocycles. The van der Waals surface area contributed by atoms with Gasteiger partial charge in [-0.3, -0.25) is 14.6 Å². The van der Waals surface area contributed by atoms with Crippen LogP contribution in [0.25, 0.3) is 27.4 Å². The molecule has 0 saturated carbocycles. The molecule has 0 radical (unpaired) electrons. The van der Waals surface area contributed by atoms with Gasteiger partial charge < -0.3 is 29.7 Å². The largest absolute Gasteiger partial charge is 0.451 e. The highest BCUT2D eigenvalue weighted by Gasteiger charge is 2.35. The number of likely N-dealkylation sites (tertiary alicyclic amines) is 1. The quantitative estimate of drug-likeness (QED) is 0.285. The van der Waals surface area contributed by atoms with Crippen molar-refractivity contribution in [2.75, 3.05) is 44.7 Å². The zero-order valence-corrected chi connectivity index (χ0v) is 25.2. The van der Waals surface area contributed by atoms with Gasteiger partial charge in [-0.2, -0.15) is 0 Å². The summed E-state index contributed by atoms with van der Waals surface area (Å²) in [6, 6.07) is 13.6. The Morgan fingerprint density at radius 1 is 1.16 bits per heavy atom. The first kappa shape index (κ1) is 27.8. The van der Waals surface area contributed by atoms with E-state index in [2.05, 4.69) is 27.6 Å². The highest BCUT2D eigenvalue weighted by atomic mass is 19.1. The third kappa shape index (κ3) is 4.75. The number of aromatic nitrogens is 1. The minimum absolute atomic E-state index is 0.0165. The van der Waals surface area contributed by atoms with Crippen LogP contribution in [0.1, 0.15) is 36.0 Å². The molecule has 10 heteroatoms. The van der Waals surface area contributed by atoms with E-state index in [-0.39, 0.29) is 16.9 Å². The van der Waals surface area contributed by atoms with E-state index in [0.29, 0.717) is 60.6 Å². The van der Waals surface area contributed by atoms with Crippen molar-refractivity contribution in [3.05, 3.63) is 82.2 Å². The summed E-state index contributed by atoms with van der Waals surface area (Å²) in [6.45, 7) is 3.39. The van der Waals surface area contributed by atoms with Crippen LogP contribution in [-0.2, 0) is 0 Å². The minimum atomic E-state index is -0.549. The summed E-state index contributed by atoms with van der Waals surface area (Å²) in [5.41, 5.74) is 1.90. The highest BCUT2D eigenvalue weighted by molar-refractivity contribution is 6.02. The summed E-state index contributed by atoms with van der Waals surface area (Å²) >= 11 is 0. The van der Waals surface area contributed by atoms with E-state index in [0.717, 1.165) is 48.7 Å². The molecule has 45 heavy (non-hydrogen) atoms. The number of benzene rings is 3. The van der Waals surface area contributed by atoms with Crippen LogP contribution in [0.2, 0.25) is 0 Å². The van der Waals surface area contributed by atoms with Crippen LogP contribution in [0.15, 0.2) is 70.3 Å². The monoisotopic (exact) mass is 606 g/mol. The molecule has 2 fully saturated rings. The van der Waals surface area contributed by atoms with Crippen molar-refractivity contribution in [1.82, 2.24) is 20.1 Å². The van der Waals surface area contributed by atoms with Gasteiger partial charge in [0.1, 0.15) is 16.8 Å². The summed E-state index contributed by atoms with van der Waals surface area (Å²) in [6.07, 6.45) is 9.26. The second-order valence-corrected chi connectivity index (χ2v) is 12.5. The summed E-state index contributed by atoms with van der Waals surface area (Å²) in [4.78, 5) is 36.3. The van der Waals surface area contributed by atoms with Crippen LogP contribution in [-0.4, -0.2) is 67.4 Å². The third-order valence-electron chi connectivity index (χ3n) is 9.77. The van der Waals surface area contributed by atoms with Crippen molar-refractivity contribution >= 4 is 39.5 Å². The number of nitrogens with zero attached hydrogens (tertiary/aromatic N) is 4. The topological polar surface area (TPSA) is 91.2 Å². The number of carbonyl (C=O) groups excluding carboxylic acids is 1. The molecule has 0 spiro atoms. The maximum Gasteiger partial charge on any atom is 0.256 e. The molecule has 9 nitrogen and oxygen atoms in total. The Hall–Kier alpha value is -4.70. The number of amides is 1. The van der Waals surface area contributed by atoms with Gasteiger partial charge in [0, 0.05) is 56.8 Å². The normalized spacial score (nSPS) is 20.7. The van der Waals surface area contributed by atoms with Gasteiger partial charge in [0.15, 0.2) is 17.3 Å². The van der Waals surface area contributed by atoms with Crippen molar-refractivity contribution in [3.8, 4) is 17.2 Å². The average Bonchev–Trinajstić information content (AvgIpc) is 3.71. The van der Waals surface area contributed by atoms with Gasteiger partial charge in [0.2, 0.25) is 5.43 Å². The number of carbonyl (C=O) groups is 1. The van der Waals surface area contributed by atoms with E-state index < -0.39 is 17.2 Å². The Kier molecular flexibility index (Phi) is 6.82. The summed E-state index contributed by atoms with van der Waals surface area (Å²) in [5.74, 6) is -0.0433. The maximum atomic E-state index is 16.3. The third-order valence-corrected chi connectivity index (χ3v) is 9.77. The van der Waals surface area contributed by atoms with Crippen molar-refractivity contribution in [3.63, 3.8) is 0 Å². The van der Waals surface area contributed by atoms with Gasteiger partial charge in [-0.15, -0.1) is 0 Å². The first-order valence-corrected chi connectivity index (χ1v) is 15.8. The molecule has 4 aromatic rings. The number of aliphatic imine (C=N–C) groups is 1. The molecular formula is C35H35FN6O3. The summed E-state index contributed by atoms with van der Waals surface area (Å²) in [7, 11) is 2.10. The van der Waals surface area contributed by atoms with Crippen LogP contribution >= 0.6 is 0 Å². The molecule has 2 unspecified atom stereocenters. The Labute approximate surface area is 260 Å². The number of hydrogen-bond acceptors (Lipinski definition) is 7. The summed E-state index contributed by atoms with van der Waals surface area (Å²) in [5, 5.41) is 8.26. The van der Waals surface area contributed by atoms with Gasteiger partial charge >= 0.3 is 0 Å². The van der Waals surface area contributed by atoms with Crippen molar-refractivity contribution in [1.29, 1.82) is 0 Å². The van der Waals surface area contributed by atoms with E-state index in [9.17, 15) is 9.59 Å². The van der Waals surface area contributed by atoms with Crippen molar-refractivity contribution in [2.24, 2.45) is 10.9 Å². The number of anilines is 1. The lowest BCUT2D eigenvalue weighted by atomic mass is 10.0. The number of fused-ring (bicyclic) bond motifs is 3. The van der Waals surface area contributed by atoms with Gasteiger partial charge in [-0.25, -0.2) is 4.39 Å². The Bertz CT molecular complexity index is 1980. The molecule has 0 aliphatic carbocycles. The molecule has 2 saturated heterocycles. The molecule has 1 amide bonds. The first-order valence-electron chi connectivity index (χ1n) is 15.8. The SMILES string of the molecule is CN1CCCC1CCNC(=O)c1cn2c3c(c(N4CCC(C5=CNCC=N5)C4)c(F)cc3c1=O)Oc1cc3ccccc3cc1-2. The predicted molar refractivity (Wildman–Crippen MR) is 175 cm³/mol. The average molecular weight is 607 g/mol. The number of ether oxygens (including phenoxy) is 1. The number of nitrogens with one attached hydrogen (secondary N) is 2. The fourth-order valence-corrected chi connectivity index (χ4v) is 7.37. The molecule has 2 atom stereocenters. The number of rotatable bonds is 6. The lowest BCUT2D eigenvalue weighted by Crippen LogP contribution is -2.34. The maximum absolute atomic E-state index is 16.3. The van der Waals surface area contributed by atoms with E-state index >= 15 is 4.39 Å². The molecule has 8 rings (SSSR count). The molecule has 1 aromatic heterocycles. The minimum Gasteiger partial charge on any atom is -0.451 e. The highest BCUT2D eigenvalue weighted by Crippen LogP contribution is 2.48. The molecule has 2 N–H and O–H groups in total. The predicted octanol–water partition coefficient (Wildman–Crippen LogP) is 4.94. The van der Waals surface area contributed by atoms with Crippen LogP contribution in [0.4, 0.5) is 10.1 Å². The Morgan fingerprint density at radius 3 is 2.78 bits per heavy atom. The number of halogens is 1. The standard InChI is InChI=1S/C35H35FN6O3/c1-40-13-4-7-24(40)8-10-39-35(44)26-20-42-29-15-21-5-2-3-6-22(21)16-30(29)45-34-31(42)25(33(26)43)17-27(36)32(34)41-14-9-23(19-41)28-18-37-11-12-38-28/h2-3,5-6,12,15-18,20,23-24,37H,4,7-11,13-14,19H2,1H3,(H,39,44). The van der Waals surface area contributed by atoms with Gasteiger partial charge in [0.25, 0.3) is 5.91 Å². The zero-order chi connectivity index (χ0) is 30.7. The van der Waals surface area contributed by atoms with E-state index in [4.69, 9.17) is 4.74 Å². The smallest absolute Gasteiger partial charge is 0.256 e. The lowest BCUT2D eigenvalue weighted by molar-refractivity contribution is 0.0949. The van der Waals surface area contributed by atoms with Gasteiger partial charge in [0.05, 0.1) is 16.8 Å². The molecule has 5 heterocycles. The van der Waals surface area contributed by atoms with E-state index in [1.165, 1.54) is 6.07 Å². The van der Waals surface area contributed by atoms with Crippen LogP contribution < -0.4 is 25.7 Å². The van der Waals surface area contributed by atoms with Crippen LogP contribution in [0, 0.1) is 11.7 Å². The molecule has 4 aliphatic rings. The second kappa shape index (κ2) is 11.0. The number of hydrogen-bond donors (Lipinski definition) is 2. The fourth-order valence-electron chi connectivity index (χ4n) is 7.37. The van der Waals surface area contributed by atoms with Crippen LogP contribution in [0.3, 0.4) is 0 Å². The number of pyridine rings is 1. The molecular weight excluding hydrogens is 571 g/mol. The molecule has 3 aromatic carbocycles. The van der Waals surface area contributed by atoms with Gasteiger partial charge in [-0.05, 0) is 68.2 Å². The fraction of sp³-hybridized carbons (Fsp3) is 0.343.